The number of aliphatic hydroxyl groups is 1. The second kappa shape index (κ2) is 7.68. The lowest BCUT2D eigenvalue weighted by Crippen LogP contribution is -2.34. The van der Waals surface area contributed by atoms with Crippen molar-refractivity contribution in [1.29, 1.82) is 0 Å². The number of ether oxygens (including phenoxy) is 1. The van der Waals surface area contributed by atoms with Gasteiger partial charge in [-0.1, -0.05) is 42.5 Å². The van der Waals surface area contributed by atoms with Crippen molar-refractivity contribution in [3.63, 3.8) is 0 Å². The molecule has 1 unspecified atom stereocenters. The zero-order valence-electron chi connectivity index (χ0n) is 11.8. The topological polar surface area (TPSA) is 41.5 Å². The third-order valence-corrected chi connectivity index (χ3v) is 3.27. The molecule has 106 valence electrons. The van der Waals surface area contributed by atoms with E-state index in [1.165, 1.54) is 5.56 Å². The van der Waals surface area contributed by atoms with E-state index < -0.39 is 0 Å². The second-order valence-electron chi connectivity index (χ2n) is 4.80. The number of hydrogen-bond donors (Lipinski definition) is 2. The van der Waals surface area contributed by atoms with Crippen LogP contribution < -0.4 is 10.1 Å². The minimum absolute atomic E-state index is 0.0589. The van der Waals surface area contributed by atoms with Crippen LogP contribution in [0.1, 0.15) is 11.1 Å². The summed E-state index contributed by atoms with van der Waals surface area (Å²) in [5.41, 5.74) is 2.38. The van der Waals surface area contributed by atoms with Gasteiger partial charge in [-0.05, 0) is 29.7 Å². The Morgan fingerprint density at radius 3 is 2.50 bits per heavy atom. The maximum atomic E-state index is 9.48. The van der Waals surface area contributed by atoms with Crippen molar-refractivity contribution in [3.8, 4) is 5.75 Å². The van der Waals surface area contributed by atoms with Crippen molar-refractivity contribution in [1.82, 2.24) is 5.32 Å². The Kier molecular flexibility index (Phi) is 5.59. The van der Waals surface area contributed by atoms with Gasteiger partial charge in [-0.25, -0.2) is 0 Å². The molecular weight excluding hydrogens is 250 g/mol. The van der Waals surface area contributed by atoms with Crippen LogP contribution in [0.3, 0.4) is 0 Å². The van der Waals surface area contributed by atoms with Crippen molar-refractivity contribution in [2.45, 2.75) is 19.0 Å². The van der Waals surface area contributed by atoms with Gasteiger partial charge < -0.3 is 15.2 Å². The molecule has 3 heteroatoms. The number of methoxy groups -OCH3 is 1. The first kappa shape index (κ1) is 14.6. The van der Waals surface area contributed by atoms with Crippen LogP contribution in [0.15, 0.2) is 54.6 Å². The fourth-order valence-corrected chi connectivity index (χ4v) is 2.14. The highest BCUT2D eigenvalue weighted by atomic mass is 16.5. The molecule has 2 aromatic rings. The highest BCUT2D eigenvalue weighted by molar-refractivity contribution is 5.28. The van der Waals surface area contributed by atoms with E-state index in [1.54, 1.807) is 7.11 Å². The molecular formula is C17H21NO2. The van der Waals surface area contributed by atoms with Gasteiger partial charge in [-0.2, -0.15) is 0 Å². The molecule has 2 aromatic carbocycles. The highest BCUT2D eigenvalue weighted by Crippen LogP contribution is 2.12. The lowest BCUT2D eigenvalue weighted by Gasteiger charge is -2.16. The average Bonchev–Trinajstić information content (AvgIpc) is 2.52. The summed E-state index contributed by atoms with van der Waals surface area (Å²) in [4.78, 5) is 0. The average molecular weight is 271 g/mol. The zero-order valence-corrected chi connectivity index (χ0v) is 11.8. The number of hydrogen-bond acceptors (Lipinski definition) is 3. The number of aliphatic hydroxyl groups excluding tert-OH is 1. The molecule has 0 radical (unpaired) electrons. The van der Waals surface area contributed by atoms with Crippen LogP contribution in [0.25, 0.3) is 0 Å². The van der Waals surface area contributed by atoms with Gasteiger partial charge >= 0.3 is 0 Å². The van der Waals surface area contributed by atoms with Gasteiger partial charge in [-0.3, -0.25) is 0 Å². The van der Waals surface area contributed by atoms with Crippen molar-refractivity contribution < 1.29 is 9.84 Å². The third kappa shape index (κ3) is 4.37. The van der Waals surface area contributed by atoms with Gasteiger partial charge in [0, 0.05) is 12.6 Å². The van der Waals surface area contributed by atoms with Crippen LogP contribution in [-0.2, 0) is 13.0 Å². The largest absolute Gasteiger partial charge is 0.497 e. The van der Waals surface area contributed by atoms with Crippen LogP contribution in [0.2, 0.25) is 0 Å². The summed E-state index contributed by atoms with van der Waals surface area (Å²) in [5.74, 6) is 0.855. The standard InChI is InChI=1S/C17H21NO2/c1-20-17-9-5-8-15(11-17)12-18-16(13-19)10-14-6-3-2-4-7-14/h2-9,11,16,18-19H,10,12-13H2,1H3. The van der Waals surface area contributed by atoms with Gasteiger partial charge in [0.25, 0.3) is 0 Å². The van der Waals surface area contributed by atoms with E-state index in [0.717, 1.165) is 24.3 Å². The fourth-order valence-electron chi connectivity index (χ4n) is 2.14. The molecule has 0 heterocycles. The Balaban J connectivity index is 1.90. The van der Waals surface area contributed by atoms with Gasteiger partial charge in [-0.15, -0.1) is 0 Å². The van der Waals surface area contributed by atoms with Crippen LogP contribution in [-0.4, -0.2) is 24.9 Å². The first-order valence-corrected chi connectivity index (χ1v) is 6.83. The molecule has 2 rings (SSSR count). The van der Waals surface area contributed by atoms with E-state index in [0.29, 0.717) is 0 Å². The van der Waals surface area contributed by atoms with Crippen molar-refractivity contribution in [2.24, 2.45) is 0 Å². The van der Waals surface area contributed by atoms with Crippen LogP contribution in [0, 0.1) is 0 Å². The number of rotatable bonds is 7. The molecule has 3 nitrogen and oxygen atoms in total. The lowest BCUT2D eigenvalue weighted by atomic mass is 10.1. The second-order valence-corrected chi connectivity index (χ2v) is 4.80. The van der Waals surface area contributed by atoms with Crippen LogP contribution >= 0.6 is 0 Å². The molecule has 0 aliphatic carbocycles. The quantitative estimate of drug-likeness (QED) is 0.812. The van der Waals surface area contributed by atoms with Gasteiger partial charge in [0.15, 0.2) is 0 Å². The maximum Gasteiger partial charge on any atom is 0.119 e. The smallest absolute Gasteiger partial charge is 0.119 e. The molecule has 0 saturated heterocycles. The van der Waals surface area contributed by atoms with E-state index in [9.17, 15) is 5.11 Å². The summed E-state index contributed by atoms with van der Waals surface area (Å²) in [5, 5.41) is 12.9. The van der Waals surface area contributed by atoms with E-state index in [2.05, 4.69) is 17.4 Å². The van der Waals surface area contributed by atoms with E-state index in [-0.39, 0.29) is 12.6 Å². The summed E-state index contributed by atoms with van der Waals surface area (Å²) in [6.07, 6.45) is 0.821. The summed E-state index contributed by atoms with van der Waals surface area (Å²) in [6.45, 7) is 0.841. The molecule has 20 heavy (non-hydrogen) atoms. The van der Waals surface area contributed by atoms with Crippen LogP contribution in [0.5, 0.6) is 5.75 Å². The maximum absolute atomic E-state index is 9.48. The van der Waals surface area contributed by atoms with Gasteiger partial charge in [0.1, 0.15) is 5.75 Å². The molecule has 1 atom stereocenters. The summed E-state index contributed by atoms with van der Waals surface area (Å²) >= 11 is 0. The SMILES string of the molecule is COc1cccc(CNC(CO)Cc2ccccc2)c1. The first-order valence-electron chi connectivity index (χ1n) is 6.83. The molecule has 0 amide bonds. The van der Waals surface area contributed by atoms with E-state index in [4.69, 9.17) is 4.74 Å². The van der Waals surface area contributed by atoms with Crippen molar-refractivity contribution in [3.05, 3.63) is 65.7 Å². The van der Waals surface area contributed by atoms with E-state index in [1.807, 2.05) is 42.5 Å². The summed E-state index contributed by atoms with van der Waals surface area (Å²) in [6, 6.07) is 18.2. The lowest BCUT2D eigenvalue weighted by molar-refractivity contribution is 0.241. The Morgan fingerprint density at radius 2 is 1.80 bits per heavy atom. The Hall–Kier alpha value is -1.84. The Labute approximate surface area is 120 Å². The highest BCUT2D eigenvalue weighted by Gasteiger charge is 2.08. The van der Waals surface area contributed by atoms with E-state index >= 15 is 0 Å². The predicted molar refractivity (Wildman–Crippen MR) is 80.9 cm³/mol. The molecule has 0 bridgehead atoms. The molecule has 0 aromatic heterocycles. The van der Waals surface area contributed by atoms with Crippen molar-refractivity contribution in [2.75, 3.05) is 13.7 Å². The molecule has 0 saturated carbocycles. The number of benzene rings is 2. The van der Waals surface area contributed by atoms with Gasteiger partial charge in [0.05, 0.1) is 13.7 Å². The minimum atomic E-state index is 0.0589. The molecule has 0 aliphatic rings. The number of nitrogens with one attached hydrogen (secondary N) is 1. The zero-order chi connectivity index (χ0) is 14.2. The van der Waals surface area contributed by atoms with Crippen LogP contribution in [0.4, 0.5) is 0 Å². The molecule has 0 aliphatic heterocycles. The van der Waals surface area contributed by atoms with Gasteiger partial charge in [0.2, 0.25) is 0 Å². The fraction of sp³-hybridized carbons (Fsp3) is 0.294. The Morgan fingerprint density at radius 1 is 1.05 bits per heavy atom. The van der Waals surface area contributed by atoms with Crippen molar-refractivity contribution >= 4 is 0 Å². The normalized spacial score (nSPS) is 12.1. The summed E-state index contributed by atoms with van der Waals surface area (Å²) < 4.78 is 5.21. The third-order valence-electron chi connectivity index (χ3n) is 3.27. The molecule has 0 spiro atoms. The first-order chi connectivity index (χ1) is 9.81. The summed E-state index contributed by atoms with van der Waals surface area (Å²) in [7, 11) is 1.67. The molecule has 0 fully saturated rings. The Bertz CT molecular complexity index is 513. The monoisotopic (exact) mass is 271 g/mol. The molecule has 2 N–H and O–H groups in total. The minimum Gasteiger partial charge on any atom is -0.497 e. The predicted octanol–water partition coefficient (Wildman–Crippen LogP) is 2.39.